The van der Waals surface area contributed by atoms with Crippen LogP contribution in [0.2, 0.25) is 0 Å². The summed E-state index contributed by atoms with van der Waals surface area (Å²) in [6, 6.07) is 11.1. The summed E-state index contributed by atoms with van der Waals surface area (Å²) < 4.78 is 67.3. The third-order valence-electron chi connectivity index (χ3n) is 4.75. The molecule has 0 aliphatic carbocycles. The highest BCUT2D eigenvalue weighted by molar-refractivity contribution is 5.92. The van der Waals surface area contributed by atoms with E-state index in [9.17, 15) is 22.4 Å². The smallest absolute Gasteiger partial charge is 0.346 e. The highest BCUT2D eigenvalue weighted by Gasteiger charge is 2.23. The zero-order valence-corrected chi connectivity index (χ0v) is 17.7. The lowest BCUT2D eigenvalue weighted by molar-refractivity contribution is 0.0720. The molecule has 0 aliphatic rings. The number of halogens is 4. The van der Waals surface area contributed by atoms with Crippen LogP contribution in [0.1, 0.15) is 29.3 Å². The maximum Gasteiger partial charge on any atom is 0.346 e. The summed E-state index contributed by atoms with van der Waals surface area (Å²) in [6.07, 6.45) is 5.94. The van der Waals surface area contributed by atoms with Gasteiger partial charge in [-0.25, -0.2) is 13.6 Å². The van der Waals surface area contributed by atoms with Crippen molar-refractivity contribution in [1.82, 2.24) is 0 Å². The molecule has 0 N–H and O–H groups in total. The van der Waals surface area contributed by atoms with Crippen molar-refractivity contribution >= 4 is 5.97 Å². The summed E-state index contributed by atoms with van der Waals surface area (Å²) in [4.78, 5) is 12.3. The van der Waals surface area contributed by atoms with Crippen molar-refractivity contribution in [3.8, 4) is 22.6 Å². The quantitative estimate of drug-likeness (QED) is 0.119. The lowest BCUT2D eigenvalue weighted by Crippen LogP contribution is -2.13. The fraction of sp³-hybridized carbons (Fsp3) is 0.115. The van der Waals surface area contributed by atoms with Crippen molar-refractivity contribution in [2.45, 2.75) is 19.8 Å². The van der Waals surface area contributed by atoms with E-state index in [0.717, 1.165) is 42.9 Å². The van der Waals surface area contributed by atoms with Crippen LogP contribution < -0.4 is 9.47 Å². The number of aryl methyl sites for hydroxylation is 1. The van der Waals surface area contributed by atoms with Gasteiger partial charge in [0, 0.05) is 5.56 Å². The molecule has 3 nitrogen and oxygen atoms in total. The normalized spacial score (nSPS) is 10.9. The monoisotopic (exact) mass is 456 g/mol. The Morgan fingerprint density at radius 1 is 0.879 bits per heavy atom. The van der Waals surface area contributed by atoms with Crippen molar-refractivity contribution in [3.05, 3.63) is 108 Å². The fourth-order valence-corrected chi connectivity index (χ4v) is 3.03. The van der Waals surface area contributed by atoms with Gasteiger partial charge in [0.1, 0.15) is 0 Å². The average Bonchev–Trinajstić information content (AvgIpc) is 2.82. The topological polar surface area (TPSA) is 35.5 Å². The van der Waals surface area contributed by atoms with E-state index in [1.165, 1.54) is 12.1 Å². The molecule has 3 aromatic carbocycles. The molecule has 0 radical (unpaired) electrons. The van der Waals surface area contributed by atoms with Crippen molar-refractivity contribution in [2.24, 2.45) is 0 Å². The van der Waals surface area contributed by atoms with E-state index in [1.807, 2.05) is 0 Å². The first-order valence-corrected chi connectivity index (χ1v) is 10.0. The number of rotatable bonds is 8. The largest absolute Gasteiger partial charge is 0.462 e. The number of hydrogen-bond donors (Lipinski definition) is 0. The molecule has 0 spiro atoms. The number of hydrogen-bond acceptors (Lipinski definition) is 3. The Kier molecular flexibility index (Phi) is 7.66. The van der Waals surface area contributed by atoms with Gasteiger partial charge in [-0.15, -0.1) is 6.58 Å². The second-order valence-corrected chi connectivity index (χ2v) is 6.98. The number of benzene rings is 3. The van der Waals surface area contributed by atoms with Gasteiger partial charge in [0.2, 0.25) is 11.6 Å². The molecule has 0 unspecified atom stereocenters. The maximum absolute atomic E-state index is 14.7. The van der Waals surface area contributed by atoms with Crippen molar-refractivity contribution in [3.63, 3.8) is 0 Å². The van der Waals surface area contributed by atoms with Crippen LogP contribution in [-0.2, 0) is 6.42 Å². The standard InChI is InChI=1S/C26H20F4O3/c1-3-5-6-16-7-9-17(10-8-16)18-11-12-19(23(28)22(18)27)26(31)33-21-14-13-20(32-15-4-2)24(29)25(21)30/h3-4,7-15H,1,5-6H2,2H3/b15-4+. The molecule has 0 heterocycles. The van der Waals surface area contributed by atoms with E-state index < -0.39 is 46.3 Å². The van der Waals surface area contributed by atoms with E-state index >= 15 is 0 Å². The molecule has 3 aromatic rings. The Morgan fingerprint density at radius 3 is 2.21 bits per heavy atom. The number of ether oxygens (including phenoxy) is 2. The Hall–Kier alpha value is -3.87. The van der Waals surface area contributed by atoms with Crippen LogP contribution in [0, 0.1) is 23.3 Å². The highest BCUT2D eigenvalue weighted by Crippen LogP contribution is 2.30. The van der Waals surface area contributed by atoms with Gasteiger partial charge in [0.15, 0.2) is 23.1 Å². The third kappa shape index (κ3) is 5.31. The Labute approximate surface area is 188 Å². The molecule has 7 heteroatoms. The van der Waals surface area contributed by atoms with E-state index in [4.69, 9.17) is 9.47 Å². The molecule has 0 saturated carbocycles. The van der Waals surface area contributed by atoms with Crippen LogP contribution in [0.5, 0.6) is 11.5 Å². The first kappa shape index (κ1) is 23.8. The van der Waals surface area contributed by atoms with E-state index in [2.05, 4.69) is 6.58 Å². The maximum atomic E-state index is 14.7. The minimum Gasteiger partial charge on any atom is -0.462 e. The van der Waals surface area contributed by atoms with Crippen molar-refractivity contribution in [1.29, 1.82) is 0 Å². The molecule has 0 atom stereocenters. The molecule has 33 heavy (non-hydrogen) atoms. The van der Waals surface area contributed by atoms with E-state index in [0.29, 0.717) is 5.56 Å². The molecule has 0 fully saturated rings. The predicted octanol–water partition coefficient (Wildman–Crippen LogP) is 7.16. The van der Waals surface area contributed by atoms with Gasteiger partial charge in [0.25, 0.3) is 0 Å². The molecule has 170 valence electrons. The van der Waals surface area contributed by atoms with Crippen LogP contribution >= 0.6 is 0 Å². The molecule has 0 aliphatic heterocycles. The first-order chi connectivity index (χ1) is 15.9. The number of carbonyl (C=O) groups excluding carboxylic acids is 1. The van der Waals surface area contributed by atoms with Crippen LogP contribution in [0.25, 0.3) is 11.1 Å². The Bertz CT molecular complexity index is 1200. The van der Waals surface area contributed by atoms with Crippen LogP contribution in [0.3, 0.4) is 0 Å². The fourth-order valence-electron chi connectivity index (χ4n) is 3.03. The summed E-state index contributed by atoms with van der Waals surface area (Å²) in [5.41, 5.74) is 0.615. The molecule has 0 amide bonds. The van der Waals surface area contributed by atoms with Gasteiger partial charge in [-0.1, -0.05) is 42.5 Å². The molecule has 0 bridgehead atoms. The predicted molar refractivity (Wildman–Crippen MR) is 117 cm³/mol. The first-order valence-electron chi connectivity index (χ1n) is 10.0. The van der Waals surface area contributed by atoms with Crippen molar-refractivity contribution in [2.75, 3.05) is 0 Å². The Morgan fingerprint density at radius 2 is 1.55 bits per heavy atom. The second kappa shape index (κ2) is 10.6. The van der Waals surface area contributed by atoms with Gasteiger partial charge < -0.3 is 9.47 Å². The van der Waals surface area contributed by atoms with Crippen LogP contribution in [-0.4, -0.2) is 5.97 Å². The molecular weight excluding hydrogens is 436 g/mol. The molecule has 0 aromatic heterocycles. The molecular formula is C26H20F4O3. The molecule has 3 rings (SSSR count). The van der Waals surface area contributed by atoms with Gasteiger partial charge in [-0.3, -0.25) is 0 Å². The number of allylic oxidation sites excluding steroid dienone is 2. The number of carbonyl (C=O) groups is 1. The molecule has 0 saturated heterocycles. The van der Waals surface area contributed by atoms with Gasteiger partial charge in [-0.2, -0.15) is 8.78 Å². The minimum atomic E-state index is -1.50. The highest BCUT2D eigenvalue weighted by atomic mass is 19.2. The summed E-state index contributed by atoms with van der Waals surface area (Å²) in [5.74, 6) is -8.20. The minimum absolute atomic E-state index is 0.0537. The van der Waals surface area contributed by atoms with Gasteiger partial charge in [0.05, 0.1) is 11.8 Å². The third-order valence-corrected chi connectivity index (χ3v) is 4.75. The Balaban J connectivity index is 1.83. The lowest BCUT2D eigenvalue weighted by Gasteiger charge is -2.11. The number of esters is 1. The summed E-state index contributed by atoms with van der Waals surface area (Å²) in [7, 11) is 0. The summed E-state index contributed by atoms with van der Waals surface area (Å²) >= 11 is 0. The SMILES string of the molecule is C=CCCc1ccc(-c2ccc(C(=O)Oc3ccc(O/C=C/C)c(F)c3F)c(F)c2F)cc1. The van der Waals surface area contributed by atoms with Crippen LogP contribution in [0.15, 0.2) is 73.5 Å². The zero-order chi connectivity index (χ0) is 24.0. The van der Waals surface area contributed by atoms with Crippen molar-refractivity contribution < 1.29 is 31.8 Å². The second-order valence-electron chi connectivity index (χ2n) is 6.98. The van der Waals surface area contributed by atoms with Gasteiger partial charge >= 0.3 is 5.97 Å². The van der Waals surface area contributed by atoms with Gasteiger partial charge in [-0.05, 0) is 49.1 Å². The van der Waals surface area contributed by atoms with Crippen LogP contribution in [0.4, 0.5) is 17.6 Å². The lowest BCUT2D eigenvalue weighted by atomic mass is 10.00. The average molecular weight is 456 g/mol. The van der Waals surface area contributed by atoms with E-state index in [-0.39, 0.29) is 5.56 Å². The zero-order valence-electron chi connectivity index (χ0n) is 17.7. The summed E-state index contributed by atoms with van der Waals surface area (Å²) in [5, 5.41) is 0. The summed E-state index contributed by atoms with van der Waals surface area (Å²) in [6.45, 7) is 5.27. The van der Waals surface area contributed by atoms with E-state index in [1.54, 1.807) is 37.3 Å².